The monoisotopic (exact) mass is 545 g/mol. The molecule has 212 valence electrons. The number of nitrogens with one attached hydrogen (secondary N) is 1. The molecule has 1 unspecified atom stereocenters. The summed E-state index contributed by atoms with van der Waals surface area (Å²) in [5, 5.41) is 7.88. The number of carbonyl (C=O) groups is 2. The average molecular weight is 546 g/mol. The van der Waals surface area contributed by atoms with Crippen LogP contribution in [0.1, 0.15) is 48.5 Å². The summed E-state index contributed by atoms with van der Waals surface area (Å²) >= 11 is 0. The summed E-state index contributed by atoms with van der Waals surface area (Å²) in [6, 6.07) is 11.5. The number of rotatable bonds is 8. The lowest BCUT2D eigenvalue weighted by Gasteiger charge is -2.33. The second-order valence-electron chi connectivity index (χ2n) is 10.8. The van der Waals surface area contributed by atoms with Crippen molar-refractivity contribution in [1.82, 2.24) is 29.3 Å². The molecule has 0 radical (unpaired) electrons. The number of pyridine rings is 1. The predicted molar refractivity (Wildman–Crippen MR) is 156 cm³/mol. The number of fused-ring (bicyclic) bond motifs is 1. The van der Waals surface area contributed by atoms with Gasteiger partial charge in [-0.15, -0.1) is 5.10 Å². The van der Waals surface area contributed by atoms with Crippen molar-refractivity contribution in [3.8, 4) is 0 Å². The highest BCUT2D eigenvalue weighted by molar-refractivity contribution is 5.94. The van der Waals surface area contributed by atoms with E-state index in [1.165, 1.54) is 6.42 Å². The highest BCUT2D eigenvalue weighted by Gasteiger charge is 2.25. The van der Waals surface area contributed by atoms with Crippen LogP contribution in [0.2, 0.25) is 0 Å². The van der Waals surface area contributed by atoms with E-state index < -0.39 is 0 Å². The first-order valence-corrected chi connectivity index (χ1v) is 14.2. The Bertz CT molecular complexity index is 1370. The predicted octanol–water partition coefficient (Wildman–Crippen LogP) is 4.52. The van der Waals surface area contributed by atoms with Gasteiger partial charge in [0.05, 0.1) is 6.61 Å². The van der Waals surface area contributed by atoms with Gasteiger partial charge in [-0.1, -0.05) is 6.08 Å². The lowest BCUT2D eigenvalue weighted by Crippen LogP contribution is -2.40. The zero-order chi connectivity index (χ0) is 28.1. The van der Waals surface area contributed by atoms with Crippen LogP contribution in [0.3, 0.4) is 0 Å². The maximum atomic E-state index is 13.2. The molecule has 2 aliphatic rings. The van der Waals surface area contributed by atoms with Crippen LogP contribution in [0, 0.1) is 5.92 Å². The van der Waals surface area contributed by atoms with Crippen LogP contribution < -0.4 is 5.32 Å². The van der Waals surface area contributed by atoms with Crippen LogP contribution in [-0.4, -0.2) is 94.7 Å². The topological polar surface area (TPSA) is 95.3 Å². The minimum Gasteiger partial charge on any atom is -0.450 e. The molecule has 0 spiro atoms. The van der Waals surface area contributed by atoms with E-state index in [4.69, 9.17) is 9.72 Å². The molecule has 1 aromatic carbocycles. The van der Waals surface area contributed by atoms with Gasteiger partial charge in [0.2, 0.25) is 5.95 Å². The van der Waals surface area contributed by atoms with E-state index in [1.807, 2.05) is 54.4 Å². The molecule has 2 amide bonds. The maximum Gasteiger partial charge on any atom is 0.410 e. The average Bonchev–Trinajstić information content (AvgIpc) is 3.39. The number of hydrogen-bond donors (Lipinski definition) is 1. The molecule has 40 heavy (non-hydrogen) atoms. The molecule has 5 rings (SSSR count). The van der Waals surface area contributed by atoms with E-state index in [0.29, 0.717) is 37.1 Å². The van der Waals surface area contributed by atoms with Crippen LogP contribution >= 0.6 is 0 Å². The number of hydrogen-bond acceptors (Lipinski definition) is 7. The first kappa shape index (κ1) is 27.6. The van der Waals surface area contributed by atoms with Gasteiger partial charge in [-0.05, 0) is 101 Å². The number of ether oxygens (including phenoxy) is 1. The van der Waals surface area contributed by atoms with E-state index in [2.05, 4.69) is 35.5 Å². The Morgan fingerprint density at radius 1 is 1.12 bits per heavy atom. The molecule has 1 fully saturated rings. The quantitative estimate of drug-likeness (QED) is 0.445. The largest absolute Gasteiger partial charge is 0.450 e. The number of carbonyl (C=O) groups excluding carboxylic acids is 2. The van der Waals surface area contributed by atoms with Crippen molar-refractivity contribution in [2.24, 2.45) is 5.92 Å². The standard InChI is InChI=1S/C30H39N7O3/c1-4-40-30(39)35-19-14-23(15-20-35)26-8-6-17-37-27(26)32-29(33-37)31-25-11-9-24(10-12-25)28(38)36-16-5-7-22(21-36)13-18-34(2)3/h6,8-12,14,17,22H,4-5,7,13,15-16,18-21H2,1-3H3,(H,31,33). The number of nitrogens with zero attached hydrogens (tertiary/aromatic N) is 6. The van der Waals surface area contributed by atoms with Crippen LogP contribution in [0.15, 0.2) is 48.7 Å². The minimum absolute atomic E-state index is 0.0962. The van der Waals surface area contributed by atoms with E-state index in [-0.39, 0.29) is 12.0 Å². The Morgan fingerprint density at radius 2 is 1.95 bits per heavy atom. The Kier molecular flexibility index (Phi) is 8.64. The zero-order valence-electron chi connectivity index (χ0n) is 23.7. The van der Waals surface area contributed by atoms with Crippen molar-refractivity contribution >= 4 is 34.9 Å². The third-order valence-electron chi connectivity index (χ3n) is 7.62. The third-order valence-corrected chi connectivity index (χ3v) is 7.62. The first-order valence-electron chi connectivity index (χ1n) is 14.2. The molecule has 0 aliphatic carbocycles. The number of anilines is 2. The molecule has 4 heterocycles. The fourth-order valence-corrected chi connectivity index (χ4v) is 5.44. The van der Waals surface area contributed by atoms with Crippen molar-refractivity contribution in [3.63, 3.8) is 0 Å². The lowest BCUT2D eigenvalue weighted by atomic mass is 9.94. The molecule has 0 bridgehead atoms. The summed E-state index contributed by atoms with van der Waals surface area (Å²) in [6.45, 7) is 6.00. The molecule has 1 N–H and O–H groups in total. The third kappa shape index (κ3) is 6.44. The molecule has 10 heteroatoms. The summed E-state index contributed by atoms with van der Waals surface area (Å²) in [5.41, 5.74) is 4.40. The van der Waals surface area contributed by atoms with Crippen molar-refractivity contribution in [1.29, 1.82) is 0 Å². The maximum absolute atomic E-state index is 13.2. The van der Waals surface area contributed by atoms with Crippen molar-refractivity contribution < 1.29 is 14.3 Å². The first-order chi connectivity index (χ1) is 19.4. The van der Waals surface area contributed by atoms with Gasteiger partial charge in [0, 0.05) is 49.2 Å². The fraction of sp³-hybridized carbons (Fsp3) is 0.467. The number of piperidine rings is 1. The van der Waals surface area contributed by atoms with Crippen LogP contribution in [0.4, 0.5) is 16.4 Å². The second kappa shape index (κ2) is 12.5. The van der Waals surface area contributed by atoms with Gasteiger partial charge in [0.1, 0.15) is 0 Å². The SMILES string of the molecule is CCOC(=O)N1CC=C(c2cccn3nc(Nc4ccc(C(=O)N5CCCC(CCN(C)C)C5)cc4)nc23)CC1. The van der Waals surface area contributed by atoms with Gasteiger partial charge in [0.25, 0.3) is 5.91 Å². The highest BCUT2D eigenvalue weighted by Crippen LogP contribution is 2.27. The molecule has 0 saturated carbocycles. The summed E-state index contributed by atoms with van der Waals surface area (Å²) in [6.07, 6.45) is 7.74. The minimum atomic E-state index is -0.280. The molecule has 10 nitrogen and oxygen atoms in total. The summed E-state index contributed by atoms with van der Waals surface area (Å²) < 4.78 is 6.89. The number of aromatic nitrogens is 3. The van der Waals surface area contributed by atoms with E-state index in [0.717, 1.165) is 61.4 Å². The summed E-state index contributed by atoms with van der Waals surface area (Å²) in [5.74, 6) is 1.14. The van der Waals surface area contributed by atoms with E-state index >= 15 is 0 Å². The molecule has 1 atom stereocenters. The Labute approximate surface area is 235 Å². The van der Waals surface area contributed by atoms with Gasteiger partial charge < -0.3 is 24.8 Å². The Hall–Kier alpha value is -3.92. The van der Waals surface area contributed by atoms with Crippen molar-refractivity contribution in [2.45, 2.75) is 32.6 Å². The highest BCUT2D eigenvalue weighted by atomic mass is 16.6. The van der Waals surface area contributed by atoms with Crippen LogP contribution in [0.5, 0.6) is 0 Å². The molecule has 3 aromatic rings. The van der Waals surface area contributed by atoms with Gasteiger partial charge >= 0.3 is 6.09 Å². The van der Waals surface area contributed by atoms with Gasteiger partial charge in [-0.25, -0.2) is 9.31 Å². The van der Waals surface area contributed by atoms with E-state index in [1.54, 1.807) is 9.42 Å². The molecule has 1 saturated heterocycles. The lowest BCUT2D eigenvalue weighted by molar-refractivity contribution is 0.0663. The van der Waals surface area contributed by atoms with Gasteiger partial charge in [-0.3, -0.25) is 4.79 Å². The summed E-state index contributed by atoms with van der Waals surface area (Å²) in [7, 11) is 4.19. The van der Waals surface area contributed by atoms with Gasteiger partial charge in [0.15, 0.2) is 5.65 Å². The number of benzene rings is 1. The smallest absolute Gasteiger partial charge is 0.410 e. The zero-order valence-corrected chi connectivity index (χ0v) is 23.7. The molecule has 2 aliphatic heterocycles. The van der Waals surface area contributed by atoms with Gasteiger partial charge in [-0.2, -0.15) is 4.98 Å². The summed E-state index contributed by atoms with van der Waals surface area (Å²) in [4.78, 5) is 35.9. The van der Waals surface area contributed by atoms with Crippen LogP contribution in [0.25, 0.3) is 11.2 Å². The normalized spacial score (nSPS) is 17.7. The van der Waals surface area contributed by atoms with Crippen molar-refractivity contribution in [2.75, 3.05) is 58.7 Å². The van der Waals surface area contributed by atoms with Crippen molar-refractivity contribution in [3.05, 3.63) is 59.8 Å². The Morgan fingerprint density at radius 3 is 2.67 bits per heavy atom. The number of likely N-dealkylation sites (tertiary alicyclic amines) is 1. The molecule has 2 aromatic heterocycles. The Balaban J connectivity index is 1.24. The molecular formula is C30H39N7O3. The van der Waals surface area contributed by atoms with E-state index in [9.17, 15) is 9.59 Å². The fourth-order valence-electron chi connectivity index (χ4n) is 5.44. The second-order valence-corrected chi connectivity index (χ2v) is 10.8. The number of amides is 2. The molecular weight excluding hydrogens is 506 g/mol. The van der Waals surface area contributed by atoms with Crippen LogP contribution in [-0.2, 0) is 4.74 Å².